The Morgan fingerprint density at radius 2 is 1.77 bits per heavy atom. The fourth-order valence-electron chi connectivity index (χ4n) is 2.67. The Labute approximate surface area is 155 Å². The number of fused-ring (bicyclic) bond motifs is 1. The van der Waals surface area contributed by atoms with E-state index >= 15 is 0 Å². The number of amides is 1. The summed E-state index contributed by atoms with van der Waals surface area (Å²) in [5.41, 5.74) is 2.82. The molecule has 2 aromatic carbocycles. The van der Waals surface area contributed by atoms with E-state index in [2.05, 4.69) is 15.4 Å². The van der Waals surface area contributed by atoms with Gasteiger partial charge >= 0.3 is 6.18 Å². The topological polar surface area (TPSA) is 50.4 Å². The molecule has 2 N–H and O–H groups in total. The molecule has 4 nitrogen and oxygen atoms in total. The summed E-state index contributed by atoms with van der Waals surface area (Å²) in [6.45, 7) is -0.720. The first-order valence-corrected chi connectivity index (χ1v) is 7.81. The van der Waals surface area contributed by atoms with Gasteiger partial charge in [-0.1, -0.05) is 24.3 Å². The molecule has 0 bridgehead atoms. The highest BCUT2D eigenvalue weighted by Crippen LogP contribution is 2.21. The number of hydrogen-bond donors (Lipinski definition) is 2. The molecule has 1 aliphatic rings. The number of halogens is 4. The molecule has 1 unspecified atom stereocenters. The normalized spacial score (nSPS) is 16.2. The predicted molar refractivity (Wildman–Crippen MR) is 94.6 cm³/mol. The van der Waals surface area contributed by atoms with Crippen molar-refractivity contribution in [2.24, 2.45) is 0 Å². The molecule has 1 heterocycles. The SMILES string of the molecule is Cl.O=C(Nc1ccc(OCC(F)(F)F)cc1)C1Cc2ccccc2CN1. The lowest BCUT2D eigenvalue weighted by atomic mass is 9.95. The van der Waals surface area contributed by atoms with Gasteiger partial charge in [0.25, 0.3) is 0 Å². The molecule has 0 spiro atoms. The van der Waals surface area contributed by atoms with Crippen LogP contribution in [-0.2, 0) is 17.8 Å². The first-order chi connectivity index (χ1) is 11.9. The molecule has 1 aliphatic heterocycles. The summed E-state index contributed by atoms with van der Waals surface area (Å²) in [4.78, 5) is 12.4. The molecular weight excluding hydrogens is 369 g/mol. The van der Waals surface area contributed by atoms with Crippen LogP contribution >= 0.6 is 12.4 Å². The van der Waals surface area contributed by atoms with E-state index in [4.69, 9.17) is 0 Å². The maximum absolute atomic E-state index is 12.4. The largest absolute Gasteiger partial charge is 0.484 e. The second-order valence-corrected chi connectivity index (χ2v) is 5.82. The number of carbonyl (C=O) groups is 1. The zero-order valence-corrected chi connectivity index (χ0v) is 14.5. The molecule has 1 amide bonds. The van der Waals surface area contributed by atoms with Crippen LogP contribution < -0.4 is 15.4 Å². The molecule has 26 heavy (non-hydrogen) atoms. The highest BCUT2D eigenvalue weighted by atomic mass is 35.5. The monoisotopic (exact) mass is 386 g/mol. The molecule has 2 aromatic rings. The van der Waals surface area contributed by atoms with Gasteiger partial charge in [-0.25, -0.2) is 0 Å². The molecule has 0 radical (unpaired) electrons. The Bertz CT molecular complexity index is 751. The van der Waals surface area contributed by atoms with E-state index in [-0.39, 0.29) is 30.1 Å². The summed E-state index contributed by atoms with van der Waals surface area (Å²) >= 11 is 0. The lowest BCUT2D eigenvalue weighted by Gasteiger charge is -2.25. The maximum Gasteiger partial charge on any atom is 0.422 e. The van der Waals surface area contributed by atoms with Gasteiger partial charge in [0, 0.05) is 12.2 Å². The first-order valence-electron chi connectivity index (χ1n) is 7.81. The van der Waals surface area contributed by atoms with Crippen LogP contribution in [0.15, 0.2) is 48.5 Å². The second kappa shape index (κ2) is 8.42. The second-order valence-electron chi connectivity index (χ2n) is 5.82. The van der Waals surface area contributed by atoms with E-state index in [1.54, 1.807) is 0 Å². The highest BCUT2D eigenvalue weighted by molar-refractivity contribution is 5.95. The molecule has 0 fully saturated rings. The van der Waals surface area contributed by atoms with Gasteiger partial charge in [-0.05, 0) is 41.8 Å². The van der Waals surface area contributed by atoms with Gasteiger partial charge in [-0.3, -0.25) is 4.79 Å². The molecule has 0 saturated carbocycles. The van der Waals surface area contributed by atoms with E-state index in [9.17, 15) is 18.0 Å². The van der Waals surface area contributed by atoms with Gasteiger partial charge in [-0.2, -0.15) is 13.2 Å². The lowest BCUT2D eigenvalue weighted by molar-refractivity contribution is -0.153. The summed E-state index contributed by atoms with van der Waals surface area (Å²) < 4.78 is 41.0. The summed E-state index contributed by atoms with van der Waals surface area (Å²) in [6.07, 6.45) is -3.79. The average Bonchev–Trinajstić information content (AvgIpc) is 2.60. The number of nitrogens with one attached hydrogen (secondary N) is 2. The fourth-order valence-corrected chi connectivity index (χ4v) is 2.67. The van der Waals surface area contributed by atoms with Gasteiger partial charge in [0.1, 0.15) is 5.75 Å². The third kappa shape index (κ3) is 5.37. The lowest BCUT2D eigenvalue weighted by Crippen LogP contribution is -2.44. The minimum Gasteiger partial charge on any atom is -0.484 e. The summed E-state index contributed by atoms with van der Waals surface area (Å²) in [5.74, 6) is -0.0847. The summed E-state index contributed by atoms with van der Waals surface area (Å²) in [6, 6.07) is 13.4. The Kier molecular flexibility index (Phi) is 6.50. The Balaban J connectivity index is 0.00000243. The number of anilines is 1. The Morgan fingerprint density at radius 1 is 1.12 bits per heavy atom. The number of ether oxygens (including phenoxy) is 1. The van der Waals surface area contributed by atoms with Crippen molar-refractivity contribution in [3.8, 4) is 5.75 Å². The van der Waals surface area contributed by atoms with Crippen molar-refractivity contribution in [1.29, 1.82) is 0 Å². The summed E-state index contributed by atoms with van der Waals surface area (Å²) in [5, 5.41) is 5.94. The van der Waals surface area contributed by atoms with Gasteiger partial charge in [0.15, 0.2) is 6.61 Å². The van der Waals surface area contributed by atoms with Gasteiger partial charge in [0.2, 0.25) is 5.91 Å². The van der Waals surface area contributed by atoms with Gasteiger partial charge in [0.05, 0.1) is 6.04 Å². The van der Waals surface area contributed by atoms with Crippen molar-refractivity contribution in [3.63, 3.8) is 0 Å². The molecule has 8 heteroatoms. The molecular formula is C18H18ClF3N2O2. The van der Waals surface area contributed by atoms with Crippen LogP contribution in [0.25, 0.3) is 0 Å². The third-order valence-corrected chi connectivity index (χ3v) is 3.92. The van der Waals surface area contributed by atoms with Crippen molar-refractivity contribution in [2.75, 3.05) is 11.9 Å². The number of hydrogen-bond acceptors (Lipinski definition) is 3. The van der Waals surface area contributed by atoms with Crippen LogP contribution in [0.3, 0.4) is 0 Å². The molecule has 0 aromatic heterocycles. The Morgan fingerprint density at radius 3 is 2.42 bits per heavy atom. The fraction of sp³-hybridized carbons (Fsp3) is 0.278. The zero-order chi connectivity index (χ0) is 17.9. The van der Waals surface area contributed by atoms with E-state index in [1.807, 2.05) is 24.3 Å². The molecule has 0 saturated heterocycles. The molecule has 3 rings (SSSR count). The van der Waals surface area contributed by atoms with Crippen molar-refractivity contribution < 1.29 is 22.7 Å². The van der Waals surface area contributed by atoms with E-state index in [0.29, 0.717) is 18.7 Å². The van der Waals surface area contributed by atoms with E-state index < -0.39 is 12.8 Å². The maximum atomic E-state index is 12.4. The van der Waals surface area contributed by atoms with Crippen LogP contribution in [0.1, 0.15) is 11.1 Å². The van der Waals surface area contributed by atoms with E-state index in [0.717, 1.165) is 5.56 Å². The minimum atomic E-state index is -4.38. The third-order valence-electron chi connectivity index (χ3n) is 3.92. The summed E-state index contributed by atoms with van der Waals surface area (Å²) in [7, 11) is 0. The first kappa shape index (κ1) is 20.1. The van der Waals surface area contributed by atoms with Crippen LogP contribution in [0, 0.1) is 0 Å². The van der Waals surface area contributed by atoms with Crippen LogP contribution in [0.2, 0.25) is 0 Å². The van der Waals surface area contributed by atoms with Crippen LogP contribution in [0.4, 0.5) is 18.9 Å². The smallest absolute Gasteiger partial charge is 0.422 e. The zero-order valence-electron chi connectivity index (χ0n) is 13.7. The number of alkyl halides is 3. The van der Waals surface area contributed by atoms with Crippen molar-refractivity contribution in [1.82, 2.24) is 5.32 Å². The highest BCUT2D eigenvalue weighted by Gasteiger charge is 2.28. The minimum absolute atomic E-state index is 0. The van der Waals surface area contributed by atoms with Crippen molar-refractivity contribution >= 4 is 24.0 Å². The number of rotatable bonds is 4. The molecule has 0 aliphatic carbocycles. The van der Waals surface area contributed by atoms with Crippen molar-refractivity contribution in [2.45, 2.75) is 25.2 Å². The van der Waals surface area contributed by atoms with Gasteiger partial charge < -0.3 is 15.4 Å². The Hall–Kier alpha value is -2.25. The molecule has 140 valence electrons. The number of carbonyl (C=O) groups excluding carboxylic acids is 1. The van der Waals surface area contributed by atoms with Gasteiger partial charge in [-0.15, -0.1) is 12.4 Å². The van der Waals surface area contributed by atoms with E-state index in [1.165, 1.54) is 29.8 Å². The average molecular weight is 387 g/mol. The molecule has 1 atom stereocenters. The van der Waals surface area contributed by atoms with Crippen LogP contribution in [-0.4, -0.2) is 24.7 Å². The standard InChI is InChI=1S/C18H17F3N2O2.ClH/c19-18(20,21)11-25-15-7-5-14(6-8-15)23-17(24)16-9-12-3-1-2-4-13(12)10-22-16;/h1-8,16,22H,9-11H2,(H,23,24);1H. The van der Waals surface area contributed by atoms with Crippen LogP contribution in [0.5, 0.6) is 5.75 Å². The predicted octanol–water partition coefficient (Wildman–Crippen LogP) is 3.70. The number of benzene rings is 2. The van der Waals surface area contributed by atoms with Crippen molar-refractivity contribution in [3.05, 3.63) is 59.7 Å². The quantitative estimate of drug-likeness (QED) is 0.842.